The van der Waals surface area contributed by atoms with E-state index in [9.17, 15) is 9.90 Å². The molecule has 0 fully saturated rings. The van der Waals surface area contributed by atoms with E-state index in [-0.39, 0.29) is 11.4 Å². The molecule has 0 aliphatic rings. The Kier molecular flexibility index (Phi) is 4.90. The summed E-state index contributed by atoms with van der Waals surface area (Å²) < 4.78 is 1.27. The number of pyridine rings is 1. The molecule has 3 aromatic carbocycles. The molecule has 0 atom stereocenters. The number of halogens is 2. The van der Waals surface area contributed by atoms with E-state index < -0.39 is 0 Å². The van der Waals surface area contributed by atoms with Crippen LogP contribution in [0.5, 0.6) is 5.88 Å². The van der Waals surface area contributed by atoms with Crippen molar-refractivity contribution in [2.24, 2.45) is 4.99 Å². The molecule has 0 radical (unpaired) electrons. The monoisotopic (exact) mass is 408 g/mol. The lowest BCUT2D eigenvalue weighted by molar-refractivity contribution is 0.436. The number of rotatable bonds is 3. The van der Waals surface area contributed by atoms with Gasteiger partial charge in [-0.2, -0.15) is 0 Å². The summed E-state index contributed by atoms with van der Waals surface area (Å²) in [7, 11) is 0. The van der Waals surface area contributed by atoms with Crippen LogP contribution in [0.2, 0.25) is 10.0 Å². The summed E-state index contributed by atoms with van der Waals surface area (Å²) in [5, 5.41) is 12.9. The lowest BCUT2D eigenvalue weighted by Gasteiger charge is -2.13. The van der Waals surface area contributed by atoms with Gasteiger partial charge >= 0.3 is 0 Å². The molecule has 4 nitrogen and oxygen atoms in total. The van der Waals surface area contributed by atoms with Crippen molar-refractivity contribution in [2.75, 3.05) is 0 Å². The Labute approximate surface area is 170 Å². The van der Waals surface area contributed by atoms with Gasteiger partial charge in [0.1, 0.15) is 0 Å². The first kappa shape index (κ1) is 18.3. The Morgan fingerprint density at radius 1 is 0.857 bits per heavy atom. The van der Waals surface area contributed by atoms with Crippen LogP contribution in [-0.4, -0.2) is 15.9 Å². The molecule has 0 aliphatic carbocycles. The quantitative estimate of drug-likeness (QED) is 0.438. The first-order valence-electron chi connectivity index (χ1n) is 8.47. The second kappa shape index (κ2) is 7.50. The average Bonchev–Trinajstić information content (AvgIpc) is 2.68. The zero-order chi connectivity index (χ0) is 19.7. The normalized spacial score (nSPS) is 11.4. The minimum Gasteiger partial charge on any atom is -0.494 e. The Morgan fingerprint density at radius 2 is 1.46 bits per heavy atom. The molecule has 0 unspecified atom stereocenters. The first-order chi connectivity index (χ1) is 13.5. The van der Waals surface area contributed by atoms with Gasteiger partial charge in [0.2, 0.25) is 5.88 Å². The van der Waals surface area contributed by atoms with Gasteiger partial charge in [-0.25, -0.2) is 4.57 Å². The zero-order valence-electron chi connectivity index (χ0n) is 14.5. The van der Waals surface area contributed by atoms with Crippen molar-refractivity contribution in [3.05, 3.63) is 98.8 Å². The number of hydrogen-bond acceptors (Lipinski definition) is 3. The summed E-state index contributed by atoms with van der Waals surface area (Å²) >= 11 is 12.1. The van der Waals surface area contributed by atoms with Crippen LogP contribution in [0, 0.1) is 0 Å². The van der Waals surface area contributed by atoms with Crippen molar-refractivity contribution < 1.29 is 5.11 Å². The number of benzene rings is 3. The van der Waals surface area contributed by atoms with E-state index in [1.54, 1.807) is 60.7 Å². The van der Waals surface area contributed by atoms with Gasteiger partial charge in [-0.3, -0.25) is 9.79 Å². The molecule has 6 heteroatoms. The standard InChI is InChI=1S/C22H14Cl2N2O2/c23-14-10-15(24)12-16(11-14)25-13-20-18-8-4-5-9-19(18)21(27)26(22(20)28)17-6-2-1-3-7-17/h1-13,28H. The van der Waals surface area contributed by atoms with Crippen LogP contribution in [-0.2, 0) is 0 Å². The SMILES string of the molecule is O=c1c2ccccc2c(C=Nc2cc(Cl)cc(Cl)c2)c(O)n1-c1ccccc1. The van der Waals surface area contributed by atoms with Gasteiger partial charge in [-0.15, -0.1) is 0 Å². The largest absolute Gasteiger partial charge is 0.494 e. The van der Waals surface area contributed by atoms with Crippen LogP contribution in [0.3, 0.4) is 0 Å². The maximum atomic E-state index is 13.0. The Morgan fingerprint density at radius 3 is 2.14 bits per heavy atom. The Bertz CT molecular complexity index is 1240. The second-order valence-corrected chi connectivity index (χ2v) is 7.02. The predicted molar refractivity (Wildman–Crippen MR) is 115 cm³/mol. The molecule has 138 valence electrons. The fourth-order valence-electron chi connectivity index (χ4n) is 3.06. The van der Waals surface area contributed by atoms with Gasteiger partial charge < -0.3 is 5.11 Å². The number of hydrogen-bond donors (Lipinski definition) is 1. The fourth-order valence-corrected chi connectivity index (χ4v) is 3.57. The molecule has 0 spiro atoms. The van der Waals surface area contributed by atoms with E-state index in [1.165, 1.54) is 10.8 Å². The molecule has 1 heterocycles. The summed E-state index contributed by atoms with van der Waals surface area (Å²) in [6.07, 6.45) is 1.51. The van der Waals surface area contributed by atoms with Gasteiger partial charge in [0, 0.05) is 27.0 Å². The van der Waals surface area contributed by atoms with E-state index >= 15 is 0 Å². The maximum Gasteiger partial charge on any atom is 0.265 e. The molecule has 1 N–H and O–H groups in total. The van der Waals surface area contributed by atoms with Crippen LogP contribution in [0.25, 0.3) is 16.5 Å². The number of aromatic nitrogens is 1. The minimum atomic E-state index is -0.303. The third-order valence-electron chi connectivity index (χ3n) is 4.31. The van der Waals surface area contributed by atoms with Crippen LogP contribution >= 0.6 is 23.2 Å². The summed E-state index contributed by atoms with van der Waals surface area (Å²) in [5.41, 5.74) is 1.23. The first-order valence-corrected chi connectivity index (χ1v) is 9.22. The molecule has 0 aliphatic heterocycles. The highest BCUT2D eigenvalue weighted by molar-refractivity contribution is 6.35. The topological polar surface area (TPSA) is 54.6 Å². The Hall–Kier alpha value is -3.08. The van der Waals surface area contributed by atoms with E-state index in [0.29, 0.717) is 37.8 Å². The molecular weight excluding hydrogens is 395 g/mol. The maximum absolute atomic E-state index is 13.0. The van der Waals surface area contributed by atoms with Crippen molar-refractivity contribution in [3.8, 4) is 11.6 Å². The number of para-hydroxylation sites is 1. The van der Waals surface area contributed by atoms with E-state index in [4.69, 9.17) is 23.2 Å². The van der Waals surface area contributed by atoms with E-state index in [0.717, 1.165) is 0 Å². The fraction of sp³-hybridized carbons (Fsp3) is 0. The highest BCUT2D eigenvalue weighted by Crippen LogP contribution is 2.28. The number of aromatic hydroxyl groups is 1. The summed E-state index contributed by atoms with van der Waals surface area (Å²) in [4.78, 5) is 17.4. The van der Waals surface area contributed by atoms with Gasteiger partial charge in [-0.1, -0.05) is 59.6 Å². The van der Waals surface area contributed by atoms with E-state index in [1.807, 2.05) is 12.1 Å². The molecule has 0 saturated heterocycles. The van der Waals surface area contributed by atoms with Crippen molar-refractivity contribution in [1.29, 1.82) is 0 Å². The van der Waals surface area contributed by atoms with Crippen molar-refractivity contribution in [1.82, 2.24) is 4.57 Å². The summed E-state index contributed by atoms with van der Waals surface area (Å²) in [5.74, 6) is -0.188. The van der Waals surface area contributed by atoms with Gasteiger partial charge in [0.25, 0.3) is 5.56 Å². The number of fused-ring (bicyclic) bond motifs is 1. The lowest BCUT2D eigenvalue weighted by Crippen LogP contribution is -2.20. The zero-order valence-corrected chi connectivity index (χ0v) is 16.0. The number of nitrogens with zero attached hydrogens (tertiary/aromatic N) is 2. The molecule has 4 aromatic rings. The van der Waals surface area contributed by atoms with Gasteiger partial charge in [0.15, 0.2) is 0 Å². The van der Waals surface area contributed by atoms with Crippen molar-refractivity contribution >= 4 is 45.9 Å². The van der Waals surface area contributed by atoms with Crippen LogP contribution in [0.15, 0.2) is 82.6 Å². The smallest absolute Gasteiger partial charge is 0.265 e. The minimum absolute atomic E-state index is 0.188. The van der Waals surface area contributed by atoms with Gasteiger partial charge in [-0.05, 0) is 36.4 Å². The van der Waals surface area contributed by atoms with Crippen LogP contribution in [0.4, 0.5) is 5.69 Å². The third kappa shape index (κ3) is 3.40. The van der Waals surface area contributed by atoms with Crippen LogP contribution in [0.1, 0.15) is 5.56 Å². The lowest BCUT2D eigenvalue weighted by atomic mass is 10.1. The number of aliphatic imine (C=N–C) groups is 1. The van der Waals surface area contributed by atoms with E-state index in [2.05, 4.69) is 4.99 Å². The van der Waals surface area contributed by atoms with Gasteiger partial charge in [0.05, 0.1) is 16.9 Å². The third-order valence-corrected chi connectivity index (χ3v) is 4.74. The molecule has 0 amide bonds. The molecule has 28 heavy (non-hydrogen) atoms. The molecule has 1 aromatic heterocycles. The van der Waals surface area contributed by atoms with Crippen LogP contribution < -0.4 is 5.56 Å². The van der Waals surface area contributed by atoms with Crippen molar-refractivity contribution in [3.63, 3.8) is 0 Å². The average molecular weight is 409 g/mol. The second-order valence-electron chi connectivity index (χ2n) is 6.14. The predicted octanol–water partition coefficient (Wildman–Crippen LogP) is 5.75. The molecular formula is C22H14Cl2N2O2. The summed E-state index contributed by atoms with van der Waals surface area (Å²) in [6.45, 7) is 0. The highest BCUT2D eigenvalue weighted by Gasteiger charge is 2.16. The van der Waals surface area contributed by atoms with Crippen molar-refractivity contribution in [2.45, 2.75) is 0 Å². The highest BCUT2D eigenvalue weighted by atomic mass is 35.5. The summed E-state index contributed by atoms with van der Waals surface area (Å²) in [6, 6.07) is 21.0. The Balaban J connectivity index is 1.97. The molecule has 4 rings (SSSR count). The molecule has 0 bridgehead atoms. The molecule has 0 saturated carbocycles.